The molecule has 0 spiro atoms. The second-order valence-corrected chi connectivity index (χ2v) is 7.36. The molecule has 1 aromatic heterocycles. The molecule has 2 heterocycles. The van der Waals surface area contributed by atoms with Crippen LogP contribution in [0.1, 0.15) is 16.1 Å². The predicted molar refractivity (Wildman–Crippen MR) is 113 cm³/mol. The predicted octanol–water partition coefficient (Wildman–Crippen LogP) is 2.00. The Morgan fingerprint density at radius 2 is 1.73 bits per heavy atom. The van der Waals surface area contributed by atoms with Crippen LogP contribution in [0.2, 0.25) is 0 Å². The van der Waals surface area contributed by atoms with E-state index in [-0.39, 0.29) is 5.91 Å². The third-order valence-electron chi connectivity index (χ3n) is 5.62. The van der Waals surface area contributed by atoms with Crippen molar-refractivity contribution in [3.63, 3.8) is 0 Å². The molecule has 0 bridgehead atoms. The van der Waals surface area contributed by atoms with Crippen LogP contribution in [-0.4, -0.2) is 58.3 Å². The molecule has 1 aliphatic heterocycles. The number of nitrogens with zero attached hydrogens (tertiary/aromatic N) is 1. The van der Waals surface area contributed by atoms with Gasteiger partial charge in [0.15, 0.2) is 17.3 Å². The normalized spacial score (nSPS) is 14.7. The highest BCUT2D eigenvalue weighted by Crippen LogP contribution is 2.39. The third-order valence-corrected chi connectivity index (χ3v) is 5.62. The summed E-state index contributed by atoms with van der Waals surface area (Å²) in [4.78, 5) is 16.1. The number of rotatable bonds is 6. The quantitative estimate of drug-likeness (QED) is 0.672. The number of ether oxygens (including phenoxy) is 3. The molecular formula is C23H27N2O5+. The summed E-state index contributed by atoms with van der Waals surface area (Å²) in [6.07, 6.45) is 0. The van der Waals surface area contributed by atoms with Crippen molar-refractivity contribution in [1.29, 1.82) is 0 Å². The van der Waals surface area contributed by atoms with Gasteiger partial charge >= 0.3 is 0 Å². The Morgan fingerprint density at radius 1 is 1.00 bits per heavy atom. The zero-order valence-corrected chi connectivity index (χ0v) is 17.6. The van der Waals surface area contributed by atoms with Gasteiger partial charge in [0.1, 0.15) is 12.1 Å². The Hall–Kier alpha value is -3.19. The number of amides is 1. The van der Waals surface area contributed by atoms with Crippen LogP contribution in [0.4, 0.5) is 0 Å². The van der Waals surface area contributed by atoms with Gasteiger partial charge in [0, 0.05) is 5.39 Å². The maximum atomic E-state index is 12.9. The molecule has 7 heteroatoms. The standard InChI is InChI=1S/C23H26N2O5/c1-27-19-9-8-17(21(28-2)22(19)29-3)15-24-10-12-25(13-11-24)23(26)20-14-16-6-4-5-7-18(16)30-20/h4-9,14H,10-13,15H2,1-3H3/p+1. The molecule has 1 fully saturated rings. The van der Waals surface area contributed by atoms with Gasteiger partial charge in [-0.25, -0.2) is 0 Å². The van der Waals surface area contributed by atoms with Crippen LogP contribution in [0.3, 0.4) is 0 Å². The first-order valence-corrected chi connectivity index (χ1v) is 10.0. The minimum atomic E-state index is -0.0473. The van der Waals surface area contributed by atoms with Gasteiger partial charge in [-0.1, -0.05) is 18.2 Å². The number of furan rings is 1. The third kappa shape index (κ3) is 3.80. The highest BCUT2D eigenvalue weighted by molar-refractivity contribution is 5.96. The van der Waals surface area contributed by atoms with Crippen LogP contribution in [-0.2, 0) is 6.54 Å². The maximum Gasteiger partial charge on any atom is 0.290 e. The minimum absolute atomic E-state index is 0.0473. The van der Waals surface area contributed by atoms with E-state index in [1.807, 2.05) is 47.4 Å². The summed E-state index contributed by atoms with van der Waals surface area (Å²) < 4.78 is 22.2. The van der Waals surface area contributed by atoms with E-state index in [0.29, 0.717) is 36.1 Å². The molecule has 0 unspecified atom stereocenters. The largest absolute Gasteiger partial charge is 0.493 e. The number of nitrogens with one attached hydrogen (secondary N) is 1. The Balaban J connectivity index is 1.42. The molecule has 2 aromatic carbocycles. The smallest absolute Gasteiger partial charge is 0.290 e. The fourth-order valence-electron chi connectivity index (χ4n) is 4.02. The molecule has 30 heavy (non-hydrogen) atoms. The highest BCUT2D eigenvalue weighted by atomic mass is 16.5. The van der Waals surface area contributed by atoms with Gasteiger partial charge in [0.2, 0.25) is 5.75 Å². The summed E-state index contributed by atoms with van der Waals surface area (Å²) in [5, 5.41) is 0.950. The average Bonchev–Trinajstić information content (AvgIpc) is 3.23. The SMILES string of the molecule is COc1ccc(C[NH+]2CCN(C(=O)c3cc4ccccc4o3)CC2)c(OC)c1OC. The van der Waals surface area contributed by atoms with E-state index >= 15 is 0 Å². The lowest BCUT2D eigenvalue weighted by molar-refractivity contribution is -0.917. The lowest BCUT2D eigenvalue weighted by atomic mass is 10.1. The summed E-state index contributed by atoms with van der Waals surface area (Å²) >= 11 is 0. The minimum Gasteiger partial charge on any atom is -0.493 e. The Labute approximate surface area is 175 Å². The summed E-state index contributed by atoms with van der Waals surface area (Å²) in [6.45, 7) is 3.85. The zero-order chi connectivity index (χ0) is 21.1. The van der Waals surface area contributed by atoms with Gasteiger partial charge in [-0.15, -0.1) is 0 Å². The van der Waals surface area contributed by atoms with Gasteiger partial charge in [0.25, 0.3) is 5.91 Å². The number of fused-ring (bicyclic) bond motifs is 1. The van der Waals surface area contributed by atoms with Gasteiger partial charge < -0.3 is 28.4 Å². The number of piperazine rings is 1. The molecule has 3 aromatic rings. The molecule has 1 N–H and O–H groups in total. The van der Waals surface area contributed by atoms with Crippen LogP contribution < -0.4 is 19.1 Å². The number of carbonyl (C=O) groups excluding carboxylic acids is 1. The molecule has 158 valence electrons. The number of benzene rings is 2. The molecular weight excluding hydrogens is 384 g/mol. The van der Waals surface area contributed by atoms with Crippen LogP contribution in [0.5, 0.6) is 17.2 Å². The Morgan fingerprint density at radius 3 is 2.40 bits per heavy atom. The maximum absolute atomic E-state index is 12.9. The van der Waals surface area contributed by atoms with Gasteiger partial charge in [-0.2, -0.15) is 0 Å². The molecule has 1 amide bonds. The second-order valence-electron chi connectivity index (χ2n) is 7.36. The number of para-hydroxylation sites is 1. The fourth-order valence-corrected chi connectivity index (χ4v) is 4.02. The van der Waals surface area contributed by atoms with E-state index < -0.39 is 0 Å². The average molecular weight is 411 g/mol. The first-order valence-electron chi connectivity index (χ1n) is 10.0. The fraction of sp³-hybridized carbons (Fsp3) is 0.348. The monoisotopic (exact) mass is 411 g/mol. The van der Waals surface area contributed by atoms with Crippen molar-refractivity contribution < 1.29 is 28.3 Å². The van der Waals surface area contributed by atoms with Crippen molar-refractivity contribution in [2.45, 2.75) is 6.54 Å². The summed E-state index contributed by atoms with van der Waals surface area (Å²) in [6, 6.07) is 13.4. The molecule has 4 rings (SSSR count). The van der Waals surface area contributed by atoms with Crippen LogP contribution >= 0.6 is 0 Å². The summed E-state index contributed by atoms with van der Waals surface area (Å²) in [5.74, 6) is 2.31. The first kappa shape index (κ1) is 20.1. The zero-order valence-electron chi connectivity index (χ0n) is 17.6. The molecule has 0 radical (unpaired) electrons. The van der Waals surface area contributed by atoms with E-state index in [2.05, 4.69) is 0 Å². The molecule has 7 nitrogen and oxygen atoms in total. The lowest BCUT2D eigenvalue weighted by Crippen LogP contribution is -3.13. The molecule has 1 aliphatic rings. The topological polar surface area (TPSA) is 65.6 Å². The van der Waals surface area contributed by atoms with Gasteiger partial charge in [-0.3, -0.25) is 4.79 Å². The highest BCUT2D eigenvalue weighted by Gasteiger charge is 2.28. The van der Waals surface area contributed by atoms with Crippen LogP contribution in [0.15, 0.2) is 46.9 Å². The number of quaternary nitrogens is 1. The second kappa shape index (κ2) is 8.67. The van der Waals surface area contributed by atoms with Gasteiger partial charge in [0.05, 0.1) is 53.1 Å². The molecule has 1 saturated heterocycles. The number of hydrogen-bond acceptors (Lipinski definition) is 5. The number of methoxy groups -OCH3 is 3. The summed E-state index contributed by atoms with van der Waals surface area (Å²) in [5.41, 5.74) is 1.80. The van der Waals surface area contributed by atoms with Crippen LogP contribution in [0.25, 0.3) is 11.0 Å². The Kier molecular flexibility index (Phi) is 5.81. The van der Waals surface area contributed by atoms with Crippen molar-refractivity contribution in [2.24, 2.45) is 0 Å². The van der Waals surface area contributed by atoms with Crippen molar-refractivity contribution in [1.82, 2.24) is 4.90 Å². The lowest BCUT2D eigenvalue weighted by Gasteiger charge is -2.32. The van der Waals surface area contributed by atoms with E-state index in [9.17, 15) is 4.79 Å². The van der Waals surface area contributed by atoms with E-state index in [1.54, 1.807) is 21.3 Å². The van der Waals surface area contributed by atoms with Crippen molar-refractivity contribution in [2.75, 3.05) is 47.5 Å². The molecule has 0 aliphatic carbocycles. The Bertz CT molecular complexity index is 1000. The molecule has 0 saturated carbocycles. The van der Waals surface area contributed by atoms with E-state index in [1.165, 1.54) is 4.90 Å². The first-order chi connectivity index (χ1) is 14.6. The van der Waals surface area contributed by atoms with E-state index in [0.717, 1.165) is 36.2 Å². The number of carbonyl (C=O) groups is 1. The van der Waals surface area contributed by atoms with Crippen molar-refractivity contribution >= 4 is 16.9 Å². The van der Waals surface area contributed by atoms with Crippen molar-refractivity contribution in [3.05, 3.63) is 53.8 Å². The van der Waals surface area contributed by atoms with Crippen molar-refractivity contribution in [3.8, 4) is 17.2 Å². The van der Waals surface area contributed by atoms with E-state index in [4.69, 9.17) is 18.6 Å². The molecule has 0 atom stereocenters. The van der Waals surface area contributed by atoms with Crippen LogP contribution in [0, 0.1) is 0 Å². The van der Waals surface area contributed by atoms with Gasteiger partial charge in [-0.05, 0) is 24.3 Å². The number of hydrogen-bond donors (Lipinski definition) is 1. The summed E-state index contributed by atoms with van der Waals surface area (Å²) in [7, 11) is 4.86.